The molecular weight excluding hydrogens is 304 g/mol. The minimum atomic E-state index is 0.0504. The molecule has 0 saturated carbocycles. The highest BCUT2D eigenvalue weighted by molar-refractivity contribution is 5.96. The van der Waals surface area contributed by atoms with E-state index in [0.29, 0.717) is 17.2 Å². The van der Waals surface area contributed by atoms with E-state index < -0.39 is 0 Å². The second-order valence-corrected chi connectivity index (χ2v) is 6.22. The Balaban J connectivity index is 1.42. The number of rotatable bonds is 4. The first-order chi connectivity index (χ1) is 11.7. The van der Waals surface area contributed by atoms with Gasteiger partial charge in [-0.2, -0.15) is 0 Å². The maximum atomic E-state index is 12.6. The van der Waals surface area contributed by atoms with Gasteiger partial charge in [0, 0.05) is 13.1 Å². The maximum Gasteiger partial charge on any atom is 0.255 e. The summed E-state index contributed by atoms with van der Waals surface area (Å²) in [6, 6.07) is 9.34. The summed E-state index contributed by atoms with van der Waals surface area (Å²) in [6.07, 6.45) is 6.03. The van der Waals surface area contributed by atoms with Gasteiger partial charge in [0.2, 0.25) is 0 Å². The van der Waals surface area contributed by atoms with Crippen LogP contribution in [-0.4, -0.2) is 28.9 Å². The zero-order valence-electron chi connectivity index (χ0n) is 13.4. The molecule has 1 saturated heterocycles. The molecule has 0 spiro atoms. The molecule has 1 fully saturated rings. The molecule has 122 valence electrons. The van der Waals surface area contributed by atoms with Crippen molar-refractivity contribution >= 4 is 5.91 Å². The molecule has 5 nitrogen and oxygen atoms in total. The van der Waals surface area contributed by atoms with Gasteiger partial charge in [-0.25, -0.2) is 4.98 Å². The van der Waals surface area contributed by atoms with E-state index in [4.69, 9.17) is 8.83 Å². The van der Waals surface area contributed by atoms with Crippen LogP contribution < -0.4 is 0 Å². The van der Waals surface area contributed by atoms with Crippen molar-refractivity contribution in [2.75, 3.05) is 13.1 Å². The highest BCUT2D eigenvalue weighted by atomic mass is 16.3. The first-order valence-electron chi connectivity index (χ1n) is 8.02. The van der Waals surface area contributed by atoms with E-state index in [0.717, 1.165) is 30.9 Å². The summed E-state index contributed by atoms with van der Waals surface area (Å²) in [5.41, 5.74) is 3.32. The Morgan fingerprint density at radius 2 is 2.12 bits per heavy atom. The number of hydrogen-bond acceptors (Lipinski definition) is 4. The number of aromatic nitrogens is 1. The van der Waals surface area contributed by atoms with Crippen LogP contribution in [0.5, 0.6) is 0 Å². The first-order valence-corrected chi connectivity index (χ1v) is 8.02. The van der Waals surface area contributed by atoms with Crippen molar-refractivity contribution in [3.05, 3.63) is 65.9 Å². The summed E-state index contributed by atoms with van der Waals surface area (Å²) >= 11 is 0. The Bertz CT molecular complexity index is 832. The quantitative estimate of drug-likeness (QED) is 0.737. The molecule has 4 heterocycles. The molecule has 0 N–H and O–H groups in total. The Morgan fingerprint density at radius 1 is 1.25 bits per heavy atom. The van der Waals surface area contributed by atoms with Crippen molar-refractivity contribution in [2.45, 2.75) is 13.3 Å². The minimum Gasteiger partial charge on any atom is -0.472 e. The van der Waals surface area contributed by atoms with Crippen molar-refractivity contribution in [3.8, 4) is 11.5 Å². The molecule has 4 rings (SSSR count). The van der Waals surface area contributed by atoms with Crippen molar-refractivity contribution < 1.29 is 13.6 Å². The van der Waals surface area contributed by atoms with Gasteiger partial charge in [-0.15, -0.1) is 0 Å². The smallest absolute Gasteiger partial charge is 0.255 e. The van der Waals surface area contributed by atoms with Crippen LogP contribution >= 0.6 is 0 Å². The lowest BCUT2D eigenvalue weighted by atomic mass is 9.92. The number of furan rings is 2. The summed E-state index contributed by atoms with van der Waals surface area (Å²) in [5.74, 6) is 1.26. The molecule has 0 radical (unpaired) electrons. The Labute approximate surface area is 139 Å². The second-order valence-electron chi connectivity index (χ2n) is 6.22. The fraction of sp³-hybridized carbons (Fsp3) is 0.263. The molecule has 1 aliphatic heterocycles. The number of likely N-dealkylation sites (tertiary alicyclic amines) is 1. The molecule has 0 aliphatic carbocycles. The standard InChI is InChI=1S/C19H18N2O3/c1-13-16(4-5-17(20-13)18-3-2-7-24-18)19(22)21-10-15(11-21)9-14-6-8-23-12-14/h2-8,12,15H,9-11H2,1H3. The van der Waals surface area contributed by atoms with Gasteiger partial charge in [0.1, 0.15) is 5.69 Å². The monoisotopic (exact) mass is 322 g/mol. The lowest BCUT2D eigenvalue weighted by Crippen LogP contribution is -2.50. The molecule has 0 aromatic carbocycles. The van der Waals surface area contributed by atoms with Crippen LogP contribution in [0.25, 0.3) is 11.5 Å². The summed E-state index contributed by atoms with van der Waals surface area (Å²) in [6.45, 7) is 3.43. The average molecular weight is 322 g/mol. The molecule has 0 atom stereocenters. The molecule has 3 aromatic heterocycles. The maximum absolute atomic E-state index is 12.6. The van der Waals surface area contributed by atoms with Crippen LogP contribution in [0.3, 0.4) is 0 Å². The number of hydrogen-bond donors (Lipinski definition) is 0. The SMILES string of the molecule is Cc1nc(-c2ccco2)ccc1C(=O)N1CC(Cc2ccoc2)C1. The van der Waals surface area contributed by atoms with Crippen molar-refractivity contribution in [1.29, 1.82) is 0 Å². The summed E-state index contributed by atoms with van der Waals surface area (Å²) in [7, 11) is 0. The Kier molecular flexibility index (Phi) is 3.69. The zero-order valence-corrected chi connectivity index (χ0v) is 13.4. The van der Waals surface area contributed by atoms with Gasteiger partial charge in [-0.3, -0.25) is 4.79 Å². The molecule has 5 heteroatoms. The van der Waals surface area contributed by atoms with Crippen molar-refractivity contribution in [2.24, 2.45) is 5.92 Å². The van der Waals surface area contributed by atoms with Crippen LogP contribution in [0, 0.1) is 12.8 Å². The number of nitrogens with zero attached hydrogens (tertiary/aromatic N) is 2. The van der Waals surface area contributed by atoms with E-state index in [-0.39, 0.29) is 5.91 Å². The van der Waals surface area contributed by atoms with Crippen molar-refractivity contribution in [3.63, 3.8) is 0 Å². The van der Waals surface area contributed by atoms with E-state index >= 15 is 0 Å². The lowest BCUT2D eigenvalue weighted by molar-refractivity contribution is 0.0499. The largest absolute Gasteiger partial charge is 0.472 e. The highest BCUT2D eigenvalue weighted by Crippen LogP contribution is 2.25. The van der Waals surface area contributed by atoms with Gasteiger partial charge in [-0.05, 0) is 55.2 Å². The van der Waals surface area contributed by atoms with Gasteiger partial charge in [-0.1, -0.05) is 0 Å². The number of pyridine rings is 1. The number of amides is 1. The normalized spacial score (nSPS) is 14.6. The molecule has 3 aromatic rings. The Morgan fingerprint density at radius 3 is 2.79 bits per heavy atom. The number of carbonyl (C=O) groups is 1. The highest BCUT2D eigenvalue weighted by Gasteiger charge is 2.32. The summed E-state index contributed by atoms with van der Waals surface area (Å²) < 4.78 is 10.4. The molecule has 24 heavy (non-hydrogen) atoms. The third-order valence-electron chi connectivity index (χ3n) is 4.44. The fourth-order valence-electron chi connectivity index (χ4n) is 3.13. The van der Waals surface area contributed by atoms with E-state index in [1.807, 2.05) is 42.2 Å². The van der Waals surface area contributed by atoms with Gasteiger partial charge in [0.15, 0.2) is 5.76 Å². The van der Waals surface area contributed by atoms with Gasteiger partial charge in [0.25, 0.3) is 5.91 Å². The lowest BCUT2D eigenvalue weighted by Gasteiger charge is -2.39. The molecule has 1 aliphatic rings. The van der Waals surface area contributed by atoms with Crippen LogP contribution in [0.15, 0.2) is 58.0 Å². The average Bonchev–Trinajstić information content (AvgIpc) is 3.23. The molecular formula is C19H18N2O3. The molecule has 0 unspecified atom stereocenters. The van der Waals surface area contributed by atoms with Gasteiger partial charge in [0.05, 0.1) is 30.0 Å². The third-order valence-corrected chi connectivity index (χ3v) is 4.44. The summed E-state index contributed by atoms with van der Waals surface area (Å²) in [5, 5.41) is 0. The zero-order chi connectivity index (χ0) is 16.5. The number of aryl methyl sites for hydroxylation is 1. The first kappa shape index (κ1) is 14.8. The molecule has 1 amide bonds. The Hall–Kier alpha value is -2.82. The summed E-state index contributed by atoms with van der Waals surface area (Å²) in [4.78, 5) is 19.0. The van der Waals surface area contributed by atoms with E-state index in [2.05, 4.69) is 4.98 Å². The third kappa shape index (κ3) is 2.73. The van der Waals surface area contributed by atoms with Crippen LogP contribution in [0.4, 0.5) is 0 Å². The van der Waals surface area contributed by atoms with E-state index in [1.165, 1.54) is 5.56 Å². The van der Waals surface area contributed by atoms with Gasteiger partial charge >= 0.3 is 0 Å². The van der Waals surface area contributed by atoms with Crippen LogP contribution in [0.2, 0.25) is 0 Å². The molecule has 0 bridgehead atoms. The van der Waals surface area contributed by atoms with Crippen molar-refractivity contribution in [1.82, 2.24) is 9.88 Å². The van der Waals surface area contributed by atoms with Gasteiger partial charge < -0.3 is 13.7 Å². The fourth-order valence-corrected chi connectivity index (χ4v) is 3.13. The second kappa shape index (κ2) is 6.00. The van der Waals surface area contributed by atoms with Crippen LogP contribution in [-0.2, 0) is 6.42 Å². The predicted octanol–water partition coefficient (Wildman–Crippen LogP) is 3.56. The predicted molar refractivity (Wildman–Crippen MR) is 88.5 cm³/mol. The van der Waals surface area contributed by atoms with Crippen LogP contribution in [0.1, 0.15) is 21.6 Å². The van der Waals surface area contributed by atoms with E-state index in [9.17, 15) is 4.79 Å². The minimum absolute atomic E-state index is 0.0504. The topological polar surface area (TPSA) is 59.5 Å². The van der Waals surface area contributed by atoms with E-state index in [1.54, 1.807) is 18.8 Å². The number of carbonyl (C=O) groups excluding carboxylic acids is 1.